The number of hydrogen-bond acceptors (Lipinski definition) is 3. The number of carbonyl (C=O) groups is 1. The van der Waals surface area contributed by atoms with Crippen LogP contribution in [0.1, 0.15) is 28.6 Å². The van der Waals surface area contributed by atoms with Crippen LogP contribution in [0.25, 0.3) is 0 Å². The van der Waals surface area contributed by atoms with Crippen LogP contribution in [0.15, 0.2) is 47.2 Å². The predicted molar refractivity (Wildman–Crippen MR) is 102 cm³/mol. The van der Waals surface area contributed by atoms with Crippen LogP contribution in [0.2, 0.25) is 0 Å². The molecule has 0 unspecified atom stereocenters. The standard InChI is InChI=1S/C19H22N4OS/c1-13-6-4-5-7-17(13)21-19(24)20-11-18(16-8-9-25-12-16)23-15(3)10-14(2)22-23/h4-10,12,18H,11H2,1-3H3,(H2,20,21,24)/t18-/m0/s1. The highest BCUT2D eigenvalue weighted by Gasteiger charge is 2.18. The minimum absolute atomic E-state index is 0.0254. The second-order valence-corrected chi connectivity index (χ2v) is 6.87. The first-order valence-corrected chi connectivity index (χ1v) is 9.14. The SMILES string of the molecule is Cc1cc(C)n([C@@H](CNC(=O)Nc2ccccc2C)c2ccsc2)n1. The van der Waals surface area contributed by atoms with Gasteiger partial charge in [0.2, 0.25) is 0 Å². The van der Waals surface area contributed by atoms with Crippen molar-refractivity contribution in [3.05, 3.63) is 69.7 Å². The van der Waals surface area contributed by atoms with Gasteiger partial charge in [0, 0.05) is 17.9 Å². The number of nitrogens with one attached hydrogen (secondary N) is 2. The number of carbonyl (C=O) groups excluding carboxylic acids is 1. The third-order valence-corrected chi connectivity index (χ3v) is 4.82. The first kappa shape index (κ1) is 17.2. The predicted octanol–water partition coefficient (Wildman–Crippen LogP) is 4.28. The second-order valence-electron chi connectivity index (χ2n) is 6.09. The molecule has 130 valence electrons. The zero-order valence-corrected chi connectivity index (χ0v) is 15.4. The normalized spacial score (nSPS) is 12.0. The molecule has 0 saturated carbocycles. The maximum atomic E-state index is 12.3. The van der Waals surface area contributed by atoms with Gasteiger partial charge in [-0.05, 0) is 60.9 Å². The maximum absolute atomic E-state index is 12.3. The van der Waals surface area contributed by atoms with Gasteiger partial charge in [-0.25, -0.2) is 4.79 Å². The third kappa shape index (κ3) is 4.09. The number of aryl methyl sites for hydroxylation is 3. The van der Waals surface area contributed by atoms with Crippen molar-refractivity contribution in [2.45, 2.75) is 26.8 Å². The Labute approximate surface area is 151 Å². The van der Waals surface area contributed by atoms with Gasteiger partial charge < -0.3 is 10.6 Å². The molecule has 6 heteroatoms. The third-order valence-electron chi connectivity index (χ3n) is 4.12. The molecule has 2 N–H and O–H groups in total. The highest BCUT2D eigenvalue weighted by atomic mass is 32.1. The van der Waals surface area contributed by atoms with Gasteiger partial charge in [-0.3, -0.25) is 4.68 Å². The molecule has 2 heterocycles. The average molecular weight is 354 g/mol. The fraction of sp³-hybridized carbons (Fsp3) is 0.263. The van der Waals surface area contributed by atoms with E-state index in [-0.39, 0.29) is 12.1 Å². The average Bonchev–Trinajstić information content (AvgIpc) is 3.20. The Morgan fingerprint density at radius 2 is 2.04 bits per heavy atom. The number of rotatable bonds is 5. The van der Waals surface area contributed by atoms with Crippen LogP contribution in [-0.4, -0.2) is 22.4 Å². The van der Waals surface area contributed by atoms with E-state index in [9.17, 15) is 4.79 Å². The molecule has 1 aromatic carbocycles. The second kappa shape index (κ2) is 7.53. The van der Waals surface area contributed by atoms with Crippen LogP contribution in [0.3, 0.4) is 0 Å². The lowest BCUT2D eigenvalue weighted by Gasteiger charge is -2.19. The van der Waals surface area contributed by atoms with Gasteiger partial charge in [0.15, 0.2) is 0 Å². The van der Waals surface area contributed by atoms with Crippen LogP contribution in [0.4, 0.5) is 10.5 Å². The number of benzene rings is 1. The quantitative estimate of drug-likeness (QED) is 0.718. The summed E-state index contributed by atoms with van der Waals surface area (Å²) in [6.07, 6.45) is 0. The van der Waals surface area contributed by atoms with Gasteiger partial charge in [0.25, 0.3) is 0 Å². The molecule has 25 heavy (non-hydrogen) atoms. The number of aromatic nitrogens is 2. The van der Waals surface area contributed by atoms with E-state index in [1.165, 1.54) is 0 Å². The summed E-state index contributed by atoms with van der Waals surface area (Å²) in [5, 5.41) is 14.6. The van der Waals surface area contributed by atoms with Crippen molar-refractivity contribution in [1.82, 2.24) is 15.1 Å². The Morgan fingerprint density at radius 1 is 1.24 bits per heavy atom. The summed E-state index contributed by atoms with van der Waals surface area (Å²) in [6, 6.07) is 11.6. The molecule has 2 aromatic heterocycles. The van der Waals surface area contributed by atoms with Crippen LogP contribution in [0, 0.1) is 20.8 Å². The molecule has 0 aliphatic carbocycles. The smallest absolute Gasteiger partial charge is 0.319 e. The van der Waals surface area contributed by atoms with Gasteiger partial charge in [-0.2, -0.15) is 16.4 Å². The van der Waals surface area contributed by atoms with E-state index in [0.29, 0.717) is 6.54 Å². The Kier molecular flexibility index (Phi) is 5.19. The fourth-order valence-electron chi connectivity index (χ4n) is 2.84. The largest absolute Gasteiger partial charge is 0.335 e. The summed E-state index contributed by atoms with van der Waals surface area (Å²) >= 11 is 1.64. The van der Waals surface area contributed by atoms with E-state index in [4.69, 9.17) is 0 Å². The van der Waals surface area contributed by atoms with Gasteiger partial charge >= 0.3 is 6.03 Å². The summed E-state index contributed by atoms with van der Waals surface area (Å²) < 4.78 is 1.98. The molecule has 3 rings (SSSR count). The van der Waals surface area contributed by atoms with Crippen molar-refractivity contribution in [3.8, 4) is 0 Å². The number of amides is 2. The molecule has 0 aliphatic heterocycles. The van der Waals surface area contributed by atoms with Crippen molar-refractivity contribution in [2.24, 2.45) is 0 Å². The molecule has 0 spiro atoms. The monoisotopic (exact) mass is 354 g/mol. The van der Waals surface area contributed by atoms with Crippen molar-refractivity contribution >= 4 is 23.1 Å². The number of para-hydroxylation sites is 1. The Bertz CT molecular complexity index is 854. The minimum atomic E-state index is -0.212. The molecule has 1 atom stereocenters. The molecule has 0 aliphatic rings. The summed E-state index contributed by atoms with van der Waals surface area (Å²) in [5.41, 5.74) is 5.05. The van der Waals surface area contributed by atoms with Gasteiger partial charge in [-0.1, -0.05) is 18.2 Å². The Balaban J connectivity index is 1.72. The van der Waals surface area contributed by atoms with Gasteiger partial charge in [-0.15, -0.1) is 0 Å². The Morgan fingerprint density at radius 3 is 2.68 bits per heavy atom. The summed E-state index contributed by atoms with van der Waals surface area (Å²) in [6.45, 7) is 6.45. The maximum Gasteiger partial charge on any atom is 0.319 e. The van der Waals surface area contributed by atoms with E-state index in [1.54, 1.807) is 11.3 Å². The van der Waals surface area contributed by atoms with Gasteiger partial charge in [0.1, 0.15) is 0 Å². The summed E-state index contributed by atoms with van der Waals surface area (Å²) in [4.78, 5) is 12.3. The minimum Gasteiger partial charge on any atom is -0.335 e. The lowest BCUT2D eigenvalue weighted by Crippen LogP contribution is -2.35. The molecule has 0 fully saturated rings. The fourth-order valence-corrected chi connectivity index (χ4v) is 3.55. The van der Waals surface area contributed by atoms with Crippen LogP contribution in [0.5, 0.6) is 0 Å². The zero-order chi connectivity index (χ0) is 17.8. The van der Waals surface area contributed by atoms with Crippen molar-refractivity contribution < 1.29 is 4.79 Å². The lowest BCUT2D eigenvalue weighted by molar-refractivity contribution is 0.250. The van der Waals surface area contributed by atoms with Crippen molar-refractivity contribution in [1.29, 1.82) is 0 Å². The number of anilines is 1. The first-order chi connectivity index (χ1) is 12.0. The topological polar surface area (TPSA) is 59.0 Å². The highest BCUT2D eigenvalue weighted by molar-refractivity contribution is 7.07. The molecule has 5 nitrogen and oxygen atoms in total. The first-order valence-electron chi connectivity index (χ1n) is 8.20. The van der Waals surface area contributed by atoms with Crippen LogP contribution < -0.4 is 10.6 Å². The van der Waals surface area contributed by atoms with E-state index >= 15 is 0 Å². The van der Waals surface area contributed by atoms with Crippen molar-refractivity contribution in [3.63, 3.8) is 0 Å². The molecular weight excluding hydrogens is 332 g/mol. The highest BCUT2D eigenvalue weighted by Crippen LogP contribution is 2.22. The zero-order valence-electron chi connectivity index (χ0n) is 14.6. The number of thiophene rings is 1. The van der Waals surface area contributed by atoms with E-state index < -0.39 is 0 Å². The molecule has 3 aromatic rings. The molecule has 0 saturated heterocycles. The van der Waals surface area contributed by atoms with Crippen LogP contribution >= 0.6 is 11.3 Å². The number of urea groups is 1. The van der Waals surface area contributed by atoms with E-state index in [1.807, 2.05) is 61.2 Å². The van der Waals surface area contributed by atoms with Crippen molar-refractivity contribution in [2.75, 3.05) is 11.9 Å². The number of nitrogens with zero attached hydrogens (tertiary/aromatic N) is 2. The van der Waals surface area contributed by atoms with E-state index in [2.05, 4.69) is 27.2 Å². The molecule has 0 radical (unpaired) electrons. The van der Waals surface area contributed by atoms with Crippen LogP contribution in [-0.2, 0) is 0 Å². The summed E-state index contributed by atoms with van der Waals surface area (Å²) in [7, 11) is 0. The van der Waals surface area contributed by atoms with E-state index in [0.717, 1.165) is 28.2 Å². The molecular formula is C19H22N4OS. The number of hydrogen-bond donors (Lipinski definition) is 2. The van der Waals surface area contributed by atoms with Gasteiger partial charge in [0.05, 0.1) is 11.7 Å². The summed E-state index contributed by atoms with van der Waals surface area (Å²) in [5.74, 6) is 0. The molecule has 2 amide bonds. The molecule has 0 bridgehead atoms. The lowest BCUT2D eigenvalue weighted by atomic mass is 10.1. The Hall–Kier alpha value is -2.60.